The van der Waals surface area contributed by atoms with Gasteiger partial charge in [-0.2, -0.15) is 0 Å². The number of carbonyl (C=O) groups excluding carboxylic acids is 2. The monoisotopic (exact) mass is 562 g/mol. The highest BCUT2D eigenvalue weighted by molar-refractivity contribution is 6.02. The molecule has 1 aliphatic carbocycles. The molecule has 0 saturated heterocycles. The third kappa shape index (κ3) is 4.88. The molecule has 10 nitrogen and oxygen atoms in total. The zero-order valence-electron chi connectivity index (χ0n) is 22.9. The van der Waals surface area contributed by atoms with Gasteiger partial charge in [0, 0.05) is 47.4 Å². The number of anilines is 1. The Bertz CT molecular complexity index is 1710. The van der Waals surface area contributed by atoms with E-state index in [-0.39, 0.29) is 41.0 Å². The fourth-order valence-corrected chi connectivity index (χ4v) is 4.82. The maximum Gasteiger partial charge on any atom is 0.268 e. The number of aromatic nitrogens is 4. The standard InChI is InChI=1S/C29H28F2N6O4/c1-14-23(36-12-19(20(30)9-24(36)34-14)17-10-32-28(33-11-17)29(3,4)40)13-37-22-8-16(26(38)35-18-5-6-18)7-21(31)25(22)41-15(2)27(37)39/h7-12,15,18,40H,5-6,13H2,1-4H3,(H,35,38). The van der Waals surface area contributed by atoms with Gasteiger partial charge in [0.05, 0.1) is 23.6 Å². The SMILES string of the molecule is Cc1nc2cc(F)c(-c3cnc(C(C)(C)O)nc3)cn2c1CN1C(=O)C(C)Oc2c(F)cc(C(=O)NC3CC3)cc21. The van der Waals surface area contributed by atoms with E-state index in [9.17, 15) is 14.7 Å². The van der Waals surface area contributed by atoms with Crippen LogP contribution in [0.25, 0.3) is 16.8 Å². The van der Waals surface area contributed by atoms with Crippen molar-refractivity contribution in [2.45, 2.75) is 64.8 Å². The fraction of sp³-hybridized carbons (Fsp3) is 0.345. The Morgan fingerprint density at radius 1 is 1.17 bits per heavy atom. The molecule has 4 aromatic rings. The molecule has 2 aliphatic rings. The number of ether oxygens (including phenoxy) is 1. The molecule has 1 fully saturated rings. The van der Waals surface area contributed by atoms with Gasteiger partial charge in [0.25, 0.3) is 11.8 Å². The summed E-state index contributed by atoms with van der Waals surface area (Å²) in [5, 5.41) is 13.0. The van der Waals surface area contributed by atoms with E-state index in [1.54, 1.807) is 25.2 Å². The molecule has 0 bridgehead atoms. The van der Waals surface area contributed by atoms with Crippen LogP contribution in [0, 0.1) is 18.6 Å². The maximum atomic E-state index is 15.2. The van der Waals surface area contributed by atoms with Gasteiger partial charge in [0.2, 0.25) is 0 Å². The van der Waals surface area contributed by atoms with Crippen LogP contribution in [0.4, 0.5) is 14.5 Å². The number of rotatable bonds is 6. The zero-order valence-corrected chi connectivity index (χ0v) is 22.9. The molecule has 2 N–H and O–H groups in total. The van der Waals surface area contributed by atoms with Crippen molar-refractivity contribution >= 4 is 23.1 Å². The third-order valence-electron chi connectivity index (χ3n) is 7.22. The van der Waals surface area contributed by atoms with E-state index in [4.69, 9.17) is 4.74 Å². The van der Waals surface area contributed by atoms with E-state index in [0.717, 1.165) is 18.9 Å². The number of fused-ring (bicyclic) bond motifs is 2. The molecule has 1 aromatic carbocycles. The van der Waals surface area contributed by atoms with Gasteiger partial charge in [-0.1, -0.05) is 0 Å². The predicted molar refractivity (Wildman–Crippen MR) is 144 cm³/mol. The second-order valence-corrected chi connectivity index (χ2v) is 11.0. The Labute approximate surface area is 234 Å². The Hall–Kier alpha value is -4.45. The molecular formula is C29H28F2N6O4. The quantitative estimate of drug-likeness (QED) is 0.367. The molecule has 1 aliphatic heterocycles. The minimum absolute atomic E-state index is 0.0428. The van der Waals surface area contributed by atoms with Crippen LogP contribution >= 0.6 is 0 Å². The van der Waals surface area contributed by atoms with Gasteiger partial charge < -0.3 is 19.6 Å². The molecule has 12 heteroatoms. The average Bonchev–Trinajstić information content (AvgIpc) is 3.68. The lowest BCUT2D eigenvalue weighted by Crippen LogP contribution is -2.44. The Morgan fingerprint density at radius 2 is 1.88 bits per heavy atom. The number of hydrogen-bond donors (Lipinski definition) is 2. The van der Waals surface area contributed by atoms with Crippen LogP contribution in [-0.4, -0.2) is 48.4 Å². The molecule has 2 amide bonds. The Morgan fingerprint density at radius 3 is 2.54 bits per heavy atom. The summed E-state index contributed by atoms with van der Waals surface area (Å²) >= 11 is 0. The van der Waals surface area contributed by atoms with Gasteiger partial charge in [0.1, 0.15) is 17.1 Å². The van der Waals surface area contributed by atoms with Crippen molar-refractivity contribution in [1.29, 1.82) is 0 Å². The molecule has 212 valence electrons. The van der Waals surface area contributed by atoms with Crippen molar-refractivity contribution in [2.24, 2.45) is 0 Å². The highest BCUT2D eigenvalue weighted by Crippen LogP contribution is 2.39. The molecule has 1 atom stereocenters. The van der Waals surface area contributed by atoms with Crippen molar-refractivity contribution in [1.82, 2.24) is 24.7 Å². The number of aryl methyl sites for hydroxylation is 1. The van der Waals surface area contributed by atoms with Crippen molar-refractivity contribution in [3.63, 3.8) is 0 Å². The molecule has 1 unspecified atom stereocenters. The summed E-state index contributed by atoms with van der Waals surface area (Å²) in [6.45, 7) is 6.32. The Kier molecular flexibility index (Phi) is 6.25. The van der Waals surface area contributed by atoms with Crippen LogP contribution in [0.2, 0.25) is 0 Å². The van der Waals surface area contributed by atoms with Gasteiger partial charge >= 0.3 is 0 Å². The lowest BCUT2D eigenvalue weighted by molar-refractivity contribution is -0.125. The molecule has 3 aromatic heterocycles. The fourth-order valence-electron chi connectivity index (χ4n) is 4.82. The summed E-state index contributed by atoms with van der Waals surface area (Å²) < 4.78 is 37.6. The largest absolute Gasteiger partial charge is 0.476 e. The highest BCUT2D eigenvalue weighted by Gasteiger charge is 2.36. The lowest BCUT2D eigenvalue weighted by atomic mass is 10.1. The normalized spacial score (nSPS) is 17.0. The highest BCUT2D eigenvalue weighted by atomic mass is 19.1. The van der Waals surface area contributed by atoms with Crippen LogP contribution in [0.3, 0.4) is 0 Å². The van der Waals surface area contributed by atoms with Crippen LogP contribution in [-0.2, 0) is 16.9 Å². The van der Waals surface area contributed by atoms with E-state index in [1.807, 2.05) is 0 Å². The molecule has 0 radical (unpaired) electrons. The summed E-state index contributed by atoms with van der Waals surface area (Å²) in [6, 6.07) is 3.90. The minimum atomic E-state index is -1.26. The first-order valence-electron chi connectivity index (χ1n) is 13.3. The van der Waals surface area contributed by atoms with E-state index in [1.165, 1.54) is 42.5 Å². The number of halogens is 2. The molecular weight excluding hydrogens is 534 g/mol. The van der Waals surface area contributed by atoms with Crippen molar-refractivity contribution in [2.75, 3.05) is 4.90 Å². The second kappa shape index (κ2) is 9.58. The molecule has 41 heavy (non-hydrogen) atoms. The number of nitrogens with zero attached hydrogens (tertiary/aromatic N) is 5. The molecule has 6 rings (SSSR count). The Balaban J connectivity index is 1.41. The van der Waals surface area contributed by atoms with Crippen LogP contribution in [0.1, 0.15) is 61.2 Å². The topological polar surface area (TPSA) is 122 Å². The lowest BCUT2D eigenvalue weighted by Gasteiger charge is -2.33. The molecule has 4 heterocycles. The van der Waals surface area contributed by atoms with Gasteiger partial charge in [-0.05, 0) is 52.7 Å². The average molecular weight is 563 g/mol. The van der Waals surface area contributed by atoms with E-state index >= 15 is 8.78 Å². The third-order valence-corrected chi connectivity index (χ3v) is 7.22. The number of hydrogen-bond acceptors (Lipinski definition) is 7. The van der Waals surface area contributed by atoms with Gasteiger partial charge in [0.15, 0.2) is 23.5 Å². The van der Waals surface area contributed by atoms with Crippen LogP contribution < -0.4 is 15.0 Å². The second-order valence-electron chi connectivity index (χ2n) is 11.0. The first-order valence-corrected chi connectivity index (χ1v) is 13.3. The summed E-state index contributed by atoms with van der Waals surface area (Å²) in [6.07, 6.45) is 5.16. The van der Waals surface area contributed by atoms with Gasteiger partial charge in [-0.25, -0.2) is 23.7 Å². The summed E-state index contributed by atoms with van der Waals surface area (Å²) in [4.78, 5) is 40.3. The summed E-state index contributed by atoms with van der Waals surface area (Å²) in [5.74, 6) is -2.08. The van der Waals surface area contributed by atoms with E-state index in [2.05, 4.69) is 20.3 Å². The first-order chi connectivity index (χ1) is 19.4. The number of carbonyl (C=O) groups is 2. The van der Waals surface area contributed by atoms with E-state index < -0.39 is 35.2 Å². The molecule has 0 spiro atoms. The number of aliphatic hydroxyl groups is 1. The number of nitrogens with one attached hydrogen (secondary N) is 1. The van der Waals surface area contributed by atoms with E-state index in [0.29, 0.717) is 22.6 Å². The van der Waals surface area contributed by atoms with Gasteiger partial charge in [-0.3, -0.25) is 14.5 Å². The van der Waals surface area contributed by atoms with Crippen molar-refractivity contribution in [3.05, 3.63) is 71.2 Å². The number of amides is 2. The number of imidazole rings is 1. The smallest absolute Gasteiger partial charge is 0.268 e. The number of pyridine rings is 1. The van der Waals surface area contributed by atoms with Crippen molar-refractivity contribution in [3.8, 4) is 16.9 Å². The van der Waals surface area contributed by atoms with Crippen molar-refractivity contribution < 1.29 is 28.2 Å². The maximum absolute atomic E-state index is 15.2. The molecule has 1 saturated carbocycles. The summed E-state index contributed by atoms with van der Waals surface area (Å²) in [5.41, 5.74) is 0.912. The predicted octanol–water partition coefficient (Wildman–Crippen LogP) is 3.81. The first kappa shape index (κ1) is 26.8. The number of benzene rings is 1. The zero-order chi connectivity index (χ0) is 29.2. The minimum Gasteiger partial charge on any atom is -0.476 e. The van der Waals surface area contributed by atoms with Gasteiger partial charge in [-0.15, -0.1) is 0 Å². The summed E-state index contributed by atoms with van der Waals surface area (Å²) in [7, 11) is 0. The van der Waals surface area contributed by atoms with Crippen LogP contribution in [0.15, 0.2) is 36.8 Å². The van der Waals surface area contributed by atoms with Crippen LogP contribution in [0.5, 0.6) is 5.75 Å².